The molecule has 138 valence electrons. The minimum Gasteiger partial charge on any atom is -0.496 e. The summed E-state index contributed by atoms with van der Waals surface area (Å²) >= 11 is 0. The lowest BCUT2D eigenvalue weighted by atomic mass is 10.2. The standard InChI is InChI=1S/C21H25NO4/c1-23-19-6-3-2-5-16(19)14-22(17-7-8-17)11-4-12-24-18-9-10-20-21(13-18)26-15-25-20/h2-3,5-6,9-10,13,17H,4,7-8,11-12,14-15H2,1H3. The largest absolute Gasteiger partial charge is 0.496 e. The second-order valence-corrected chi connectivity index (χ2v) is 6.73. The molecule has 0 saturated heterocycles. The van der Waals surface area contributed by atoms with Gasteiger partial charge in [-0.1, -0.05) is 18.2 Å². The van der Waals surface area contributed by atoms with Crippen LogP contribution in [0.4, 0.5) is 0 Å². The van der Waals surface area contributed by atoms with Crippen LogP contribution in [0, 0.1) is 0 Å². The van der Waals surface area contributed by atoms with E-state index in [1.165, 1.54) is 18.4 Å². The predicted octanol–water partition coefficient (Wildman–Crippen LogP) is 3.86. The summed E-state index contributed by atoms with van der Waals surface area (Å²) in [7, 11) is 1.74. The maximum absolute atomic E-state index is 5.89. The topological polar surface area (TPSA) is 40.2 Å². The van der Waals surface area contributed by atoms with Crippen LogP contribution in [0.25, 0.3) is 0 Å². The van der Waals surface area contributed by atoms with Gasteiger partial charge in [0.25, 0.3) is 0 Å². The molecule has 0 amide bonds. The minimum absolute atomic E-state index is 0.290. The Kier molecular flexibility index (Phi) is 5.16. The molecule has 0 atom stereocenters. The highest BCUT2D eigenvalue weighted by Gasteiger charge is 2.29. The van der Waals surface area contributed by atoms with E-state index in [-0.39, 0.29) is 6.79 Å². The molecule has 1 aliphatic carbocycles. The van der Waals surface area contributed by atoms with Gasteiger partial charge in [-0.25, -0.2) is 0 Å². The molecule has 2 aromatic rings. The number of rotatable bonds is 9. The fraction of sp³-hybridized carbons (Fsp3) is 0.429. The summed E-state index contributed by atoms with van der Waals surface area (Å²) in [4.78, 5) is 2.54. The van der Waals surface area contributed by atoms with E-state index < -0.39 is 0 Å². The van der Waals surface area contributed by atoms with Crippen molar-refractivity contribution in [2.24, 2.45) is 0 Å². The van der Waals surface area contributed by atoms with E-state index in [4.69, 9.17) is 18.9 Å². The van der Waals surface area contributed by atoms with Gasteiger partial charge in [0.1, 0.15) is 11.5 Å². The van der Waals surface area contributed by atoms with Crippen molar-refractivity contribution >= 4 is 0 Å². The molecule has 2 aliphatic rings. The smallest absolute Gasteiger partial charge is 0.231 e. The van der Waals surface area contributed by atoms with Crippen molar-refractivity contribution < 1.29 is 18.9 Å². The molecule has 1 fully saturated rings. The molecule has 5 nitrogen and oxygen atoms in total. The molecule has 0 unspecified atom stereocenters. The first-order valence-electron chi connectivity index (χ1n) is 9.22. The highest BCUT2D eigenvalue weighted by atomic mass is 16.7. The quantitative estimate of drug-likeness (QED) is 0.639. The lowest BCUT2D eigenvalue weighted by molar-refractivity contribution is 0.173. The van der Waals surface area contributed by atoms with Crippen LogP contribution < -0.4 is 18.9 Å². The molecule has 5 heteroatoms. The maximum Gasteiger partial charge on any atom is 0.231 e. The molecule has 0 radical (unpaired) electrons. The minimum atomic E-state index is 0.290. The van der Waals surface area contributed by atoms with Gasteiger partial charge >= 0.3 is 0 Å². The van der Waals surface area contributed by atoms with Crippen molar-refractivity contribution in [2.45, 2.75) is 31.8 Å². The van der Waals surface area contributed by atoms with Crippen molar-refractivity contribution in [2.75, 3.05) is 27.1 Å². The Morgan fingerprint density at radius 1 is 1.08 bits per heavy atom. The third-order valence-corrected chi connectivity index (χ3v) is 4.83. The van der Waals surface area contributed by atoms with Crippen molar-refractivity contribution in [3.63, 3.8) is 0 Å². The van der Waals surface area contributed by atoms with Crippen LogP contribution in [0.15, 0.2) is 42.5 Å². The predicted molar refractivity (Wildman–Crippen MR) is 99.1 cm³/mol. The summed E-state index contributed by atoms with van der Waals surface area (Å²) in [6.07, 6.45) is 3.57. The zero-order chi connectivity index (χ0) is 17.8. The van der Waals surface area contributed by atoms with E-state index in [2.05, 4.69) is 17.0 Å². The number of para-hydroxylation sites is 1. The average Bonchev–Trinajstić information content (AvgIpc) is 3.42. The van der Waals surface area contributed by atoms with Crippen molar-refractivity contribution in [1.82, 2.24) is 4.90 Å². The van der Waals surface area contributed by atoms with Gasteiger partial charge < -0.3 is 18.9 Å². The van der Waals surface area contributed by atoms with E-state index in [0.29, 0.717) is 12.6 Å². The number of hydrogen-bond acceptors (Lipinski definition) is 5. The molecular formula is C21H25NO4. The van der Waals surface area contributed by atoms with Crippen molar-refractivity contribution in [3.05, 3.63) is 48.0 Å². The van der Waals surface area contributed by atoms with Gasteiger partial charge in [0.15, 0.2) is 11.5 Å². The Morgan fingerprint density at radius 3 is 2.77 bits per heavy atom. The van der Waals surface area contributed by atoms with E-state index in [1.54, 1.807) is 7.11 Å². The van der Waals surface area contributed by atoms with Crippen molar-refractivity contribution in [1.29, 1.82) is 0 Å². The highest BCUT2D eigenvalue weighted by Crippen LogP contribution is 2.35. The summed E-state index contributed by atoms with van der Waals surface area (Å²) < 4.78 is 22.1. The van der Waals surface area contributed by atoms with Gasteiger partial charge in [0.05, 0.1) is 13.7 Å². The van der Waals surface area contributed by atoms with Gasteiger partial charge in [0, 0.05) is 30.8 Å². The van der Waals surface area contributed by atoms with Gasteiger partial charge in [0.2, 0.25) is 6.79 Å². The third-order valence-electron chi connectivity index (χ3n) is 4.83. The average molecular weight is 355 g/mol. The summed E-state index contributed by atoms with van der Waals surface area (Å²) in [5.41, 5.74) is 1.25. The van der Waals surface area contributed by atoms with Crippen LogP contribution in [0.2, 0.25) is 0 Å². The molecule has 0 bridgehead atoms. The summed E-state index contributed by atoms with van der Waals surface area (Å²) in [6.45, 7) is 2.93. The lowest BCUT2D eigenvalue weighted by Crippen LogP contribution is -2.28. The zero-order valence-corrected chi connectivity index (χ0v) is 15.1. The molecule has 2 aromatic carbocycles. The molecule has 1 saturated carbocycles. The zero-order valence-electron chi connectivity index (χ0n) is 15.1. The molecule has 4 rings (SSSR count). The molecule has 1 heterocycles. The summed E-state index contributed by atoms with van der Waals surface area (Å²) in [6, 6.07) is 14.7. The lowest BCUT2D eigenvalue weighted by Gasteiger charge is -2.23. The first-order valence-corrected chi connectivity index (χ1v) is 9.22. The number of hydrogen-bond donors (Lipinski definition) is 0. The van der Waals surface area contributed by atoms with E-state index in [9.17, 15) is 0 Å². The summed E-state index contributed by atoms with van der Waals surface area (Å²) in [5, 5.41) is 0. The Labute approximate surface area is 154 Å². The van der Waals surface area contributed by atoms with Crippen molar-refractivity contribution in [3.8, 4) is 23.0 Å². The SMILES string of the molecule is COc1ccccc1CN(CCCOc1ccc2c(c1)OCO2)C1CC1. The van der Waals surface area contributed by atoms with E-state index in [1.807, 2.05) is 30.3 Å². The first-order chi connectivity index (χ1) is 12.8. The number of fused-ring (bicyclic) bond motifs is 1. The Bertz CT molecular complexity index is 745. The highest BCUT2D eigenvalue weighted by molar-refractivity contribution is 5.46. The number of benzene rings is 2. The molecule has 1 aliphatic heterocycles. The molecular weight excluding hydrogens is 330 g/mol. The molecule has 0 spiro atoms. The Morgan fingerprint density at radius 2 is 1.92 bits per heavy atom. The molecule has 26 heavy (non-hydrogen) atoms. The normalized spacial score (nSPS) is 15.3. The van der Waals surface area contributed by atoms with Gasteiger partial charge in [-0.15, -0.1) is 0 Å². The molecule has 0 aromatic heterocycles. The van der Waals surface area contributed by atoms with Crippen LogP contribution in [0.3, 0.4) is 0 Å². The van der Waals surface area contributed by atoms with Crippen LogP contribution in [-0.2, 0) is 6.54 Å². The number of methoxy groups -OCH3 is 1. The number of ether oxygens (including phenoxy) is 4. The van der Waals surface area contributed by atoms with Crippen LogP contribution in [0.1, 0.15) is 24.8 Å². The Balaban J connectivity index is 1.28. The van der Waals surface area contributed by atoms with Gasteiger partial charge in [-0.3, -0.25) is 4.90 Å². The van der Waals surface area contributed by atoms with E-state index >= 15 is 0 Å². The van der Waals surface area contributed by atoms with Gasteiger partial charge in [-0.05, 0) is 37.5 Å². The van der Waals surface area contributed by atoms with Crippen LogP contribution in [0.5, 0.6) is 23.0 Å². The fourth-order valence-corrected chi connectivity index (χ4v) is 3.31. The summed E-state index contributed by atoms with van der Waals surface area (Å²) in [5.74, 6) is 3.35. The van der Waals surface area contributed by atoms with Crippen LogP contribution >= 0.6 is 0 Å². The second-order valence-electron chi connectivity index (χ2n) is 6.73. The fourth-order valence-electron chi connectivity index (χ4n) is 3.31. The third kappa shape index (κ3) is 4.05. The first kappa shape index (κ1) is 17.0. The number of nitrogens with zero attached hydrogens (tertiary/aromatic N) is 1. The Hall–Kier alpha value is -2.40. The maximum atomic E-state index is 5.89. The van der Waals surface area contributed by atoms with E-state index in [0.717, 1.165) is 42.5 Å². The monoisotopic (exact) mass is 355 g/mol. The van der Waals surface area contributed by atoms with Gasteiger partial charge in [-0.2, -0.15) is 0 Å². The molecule has 0 N–H and O–H groups in total. The second kappa shape index (κ2) is 7.87. The van der Waals surface area contributed by atoms with Crippen LogP contribution in [-0.4, -0.2) is 38.0 Å².